The molecule has 0 radical (unpaired) electrons. The van der Waals surface area contributed by atoms with Crippen molar-refractivity contribution in [2.75, 3.05) is 5.43 Å². The van der Waals surface area contributed by atoms with Gasteiger partial charge in [-0.1, -0.05) is 0 Å². The van der Waals surface area contributed by atoms with E-state index in [1.54, 1.807) is 24.0 Å². The maximum atomic E-state index is 5.58. The van der Waals surface area contributed by atoms with Gasteiger partial charge in [-0.2, -0.15) is 5.10 Å². The lowest BCUT2D eigenvalue weighted by molar-refractivity contribution is 0.242. The summed E-state index contributed by atoms with van der Waals surface area (Å²) in [6, 6.07) is 0. The molecule has 0 amide bonds. The van der Waals surface area contributed by atoms with Gasteiger partial charge in [0.2, 0.25) is 0 Å². The molecule has 0 saturated carbocycles. The van der Waals surface area contributed by atoms with Crippen LogP contribution < -0.4 is 16.0 Å². The maximum Gasteiger partial charge on any atom is 0.162 e. The zero-order chi connectivity index (χ0) is 14.0. The molecule has 7 nitrogen and oxygen atoms in total. The van der Waals surface area contributed by atoms with Crippen LogP contribution in [0.15, 0.2) is 12.4 Å². The fourth-order valence-corrected chi connectivity index (χ4v) is 1.73. The monoisotopic (exact) mass is 262 g/mol. The van der Waals surface area contributed by atoms with Crippen LogP contribution in [-0.2, 0) is 0 Å². The summed E-state index contributed by atoms with van der Waals surface area (Å²) in [6.07, 6.45) is 3.55. The Balaban J connectivity index is 2.41. The topological polar surface area (TPSA) is 90.9 Å². The van der Waals surface area contributed by atoms with Gasteiger partial charge in [-0.05, 0) is 27.7 Å². The van der Waals surface area contributed by atoms with Crippen LogP contribution >= 0.6 is 0 Å². The number of aromatic nitrogens is 4. The zero-order valence-electron chi connectivity index (χ0n) is 11.5. The number of aryl methyl sites for hydroxylation is 1. The molecular weight excluding hydrogens is 244 g/mol. The zero-order valence-corrected chi connectivity index (χ0v) is 11.5. The highest BCUT2D eigenvalue weighted by atomic mass is 16.5. The van der Waals surface area contributed by atoms with E-state index in [0.29, 0.717) is 23.2 Å². The molecule has 0 spiro atoms. The third-order valence-corrected chi connectivity index (χ3v) is 2.52. The Hall–Kier alpha value is -2.15. The Morgan fingerprint density at radius 2 is 2.05 bits per heavy atom. The number of hydrazine groups is 1. The van der Waals surface area contributed by atoms with Gasteiger partial charge in [-0.15, -0.1) is 0 Å². The number of nitrogens with one attached hydrogen (secondary N) is 1. The second-order valence-electron chi connectivity index (χ2n) is 4.50. The predicted octanol–water partition coefficient (Wildman–Crippen LogP) is 1.35. The van der Waals surface area contributed by atoms with Crippen LogP contribution in [0.2, 0.25) is 0 Å². The van der Waals surface area contributed by atoms with E-state index >= 15 is 0 Å². The molecule has 0 saturated heterocycles. The van der Waals surface area contributed by atoms with Gasteiger partial charge in [0.1, 0.15) is 11.6 Å². The Morgan fingerprint density at radius 1 is 1.32 bits per heavy atom. The molecule has 0 bridgehead atoms. The van der Waals surface area contributed by atoms with E-state index in [1.807, 2.05) is 20.8 Å². The van der Waals surface area contributed by atoms with Crippen LogP contribution in [-0.4, -0.2) is 25.9 Å². The van der Waals surface area contributed by atoms with Crippen LogP contribution in [0.4, 0.5) is 5.82 Å². The summed E-state index contributed by atoms with van der Waals surface area (Å²) in [5, 5.41) is 4.25. The highest BCUT2D eigenvalue weighted by molar-refractivity contribution is 5.50. The Morgan fingerprint density at radius 3 is 2.68 bits per heavy atom. The first-order chi connectivity index (χ1) is 9.01. The minimum atomic E-state index is 0.104. The molecule has 2 rings (SSSR count). The first kappa shape index (κ1) is 13.3. The van der Waals surface area contributed by atoms with Gasteiger partial charge in [0.25, 0.3) is 0 Å². The van der Waals surface area contributed by atoms with E-state index in [1.165, 1.54) is 0 Å². The molecule has 102 valence electrons. The Labute approximate surface area is 111 Å². The summed E-state index contributed by atoms with van der Waals surface area (Å²) in [7, 11) is 0. The van der Waals surface area contributed by atoms with Gasteiger partial charge in [0, 0.05) is 5.56 Å². The van der Waals surface area contributed by atoms with Crippen molar-refractivity contribution in [3.8, 4) is 11.6 Å². The third-order valence-electron chi connectivity index (χ3n) is 2.52. The van der Waals surface area contributed by atoms with Crippen molar-refractivity contribution in [1.82, 2.24) is 19.7 Å². The van der Waals surface area contributed by atoms with E-state index in [9.17, 15) is 0 Å². The summed E-state index contributed by atoms with van der Waals surface area (Å²) in [5.41, 5.74) is 3.39. The van der Waals surface area contributed by atoms with Crippen LogP contribution in [0.25, 0.3) is 5.82 Å². The van der Waals surface area contributed by atoms with Crippen molar-refractivity contribution < 1.29 is 4.74 Å². The average Bonchev–Trinajstić information content (AvgIpc) is 2.79. The summed E-state index contributed by atoms with van der Waals surface area (Å²) < 4.78 is 7.23. The highest BCUT2D eigenvalue weighted by Gasteiger charge is 2.12. The molecule has 0 atom stereocenters. The molecule has 7 heteroatoms. The van der Waals surface area contributed by atoms with Gasteiger partial charge in [-0.25, -0.2) is 20.5 Å². The van der Waals surface area contributed by atoms with Gasteiger partial charge in [0.05, 0.1) is 18.5 Å². The number of hydrogen-bond donors (Lipinski definition) is 2. The number of hydrogen-bond acceptors (Lipinski definition) is 6. The molecule has 0 aliphatic rings. The quantitative estimate of drug-likeness (QED) is 0.638. The van der Waals surface area contributed by atoms with E-state index in [0.717, 1.165) is 5.56 Å². The number of nitrogens with zero attached hydrogens (tertiary/aromatic N) is 4. The lowest BCUT2D eigenvalue weighted by Gasteiger charge is -2.10. The summed E-state index contributed by atoms with van der Waals surface area (Å²) in [4.78, 5) is 8.60. The average molecular weight is 262 g/mol. The molecule has 2 aromatic rings. The molecule has 2 aromatic heterocycles. The summed E-state index contributed by atoms with van der Waals surface area (Å²) in [5.74, 6) is 8.03. The first-order valence-electron chi connectivity index (χ1n) is 6.04. The highest BCUT2D eigenvalue weighted by Crippen LogP contribution is 2.20. The van der Waals surface area contributed by atoms with Crippen molar-refractivity contribution in [1.29, 1.82) is 0 Å². The van der Waals surface area contributed by atoms with E-state index in [4.69, 9.17) is 10.6 Å². The number of anilines is 1. The van der Waals surface area contributed by atoms with E-state index < -0.39 is 0 Å². The van der Waals surface area contributed by atoms with Crippen LogP contribution in [0.5, 0.6) is 5.75 Å². The van der Waals surface area contributed by atoms with Crippen molar-refractivity contribution >= 4 is 5.82 Å². The molecule has 0 aromatic carbocycles. The predicted molar refractivity (Wildman–Crippen MR) is 72.2 cm³/mol. The second kappa shape index (κ2) is 5.23. The molecule has 0 aliphatic carbocycles. The molecule has 19 heavy (non-hydrogen) atoms. The number of rotatable bonds is 4. The standard InChI is InChI=1S/C12H18N6O/c1-7(2)19-10-5-14-18(6-10)12-8(3)11(17-13)15-9(4)16-12/h5-7H,13H2,1-4H3,(H,15,16,17). The largest absolute Gasteiger partial charge is 0.488 e. The number of nitrogen functional groups attached to an aromatic ring is 1. The van der Waals surface area contributed by atoms with Gasteiger partial charge in [0.15, 0.2) is 11.6 Å². The minimum absolute atomic E-state index is 0.104. The number of nitrogens with two attached hydrogens (primary N) is 1. The molecule has 0 unspecified atom stereocenters. The van der Waals surface area contributed by atoms with Crippen molar-refractivity contribution in [2.24, 2.45) is 5.84 Å². The number of ether oxygens (including phenoxy) is 1. The minimum Gasteiger partial charge on any atom is -0.488 e. The van der Waals surface area contributed by atoms with Crippen LogP contribution in [0.1, 0.15) is 25.2 Å². The normalized spacial score (nSPS) is 10.8. The van der Waals surface area contributed by atoms with Crippen LogP contribution in [0.3, 0.4) is 0 Å². The first-order valence-corrected chi connectivity index (χ1v) is 6.04. The maximum absolute atomic E-state index is 5.58. The van der Waals surface area contributed by atoms with Crippen LogP contribution in [0, 0.1) is 13.8 Å². The Kier molecular flexibility index (Phi) is 3.66. The van der Waals surface area contributed by atoms with Gasteiger partial charge >= 0.3 is 0 Å². The molecule has 3 N–H and O–H groups in total. The van der Waals surface area contributed by atoms with Gasteiger partial charge < -0.3 is 10.2 Å². The molecule has 0 fully saturated rings. The summed E-state index contributed by atoms with van der Waals surface area (Å²) in [6.45, 7) is 7.62. The fourth-order valence-electron chi connectivity index (χ4n) is 1.73. The second-order valence-corrected chi connectivity index (χ2v) is 4.50. The SMILES string of the molecule is Cc1nc(NN)c(C)c(-n2cc(OC(C)C)cn2)n1. The van der Waals surface area contributed by atoms with Crippen molar-refractivity contribution in [2.45, 2.75) is 33.8 Å². The lowest BCUT2D eigenvalue weighted by atomic mass is 10.3. The lowest BCUT2D eigenvalue weighted by Crippen LogP contribution is -2.14. The Bertz CT molecular complexity index is 578. The van der Waals surface area contributed by atoms with Crippen molar-refractivity contribution in [3.05, 3.63) is 23.8 Å². The van der Waals surface area contributed by atoms with E-state index in [2.05, 4.69) is 20.5 Å². The van der Waals surface area contributed by atoms with Crippen molar-refractivity contribution in [3.63, 3.8) is 0 Å². The van der Waals surface area contributed by atoms with E-state index in [-0.39, 0.29) is 6.10 Å². The summed E-state index contributed by atoms with van der Waals surface area (Å²) >= 11 is 0. The molecular formula is C12H18N6O. The third kappa shape index (κ3) is 2.82. The smallest absolute Gasteiger partial charge is 0.162 e. The molecule has 2 heterocycles. The van der Waals surface area contributed by atoms with Gasteiger partial charge in [-0.3, -0.25) is 0 Å². The molecule has 0 aliphatic heterocycles. The fraction of sp³-hybridized carbons (Fsp3) is 0.417.